The Kier molecular flexibility index (Phi) is 4.22. The second-order valence-electron chi connectivity index (χ2n) is 3.93. The minimum atomic E-state index is -0.258. The molecule has 1 rings (SSSR count). The lowest BCUT2D eigenvalue weighted by molar-refractivity contribution is -0.138. The molecule has 0 bridgehead atoms. The van der Waals surface area contributed by atoms with Crippen molar-refractivity contribution in [2.24, 2.45) is 5.92 Å². The van der Waals surface area contributed by atoms with Crippen LogP contribution in [0.5, 0.6) is 0 Å². The lowest BCUT2D eigenvalue weighted by Crippen LogP contribution is -2.19. The molecule has 0 spiro atoms. The Balaban J connectivity index is 2.45. The quantitative estimate of drug-likeness (QED) is 0.690. The molecule has 2 nitrogen and oxygen atoms in total. The first-order chi connectivity index (χ1) is 7.11. The topological polar surface area (TPSA) is 34.1 Å². The van der Waals surface area contributed by atoms with Crippen molar-refractivity contribution in [2.45, 2.75) is 26.7 Å². The monoisotopic (exact) mass is 204 g/mol. The van der Waals surface area contributed by atoms with Gasteiger partial charge in [-0.05, 0) is 12.0 Å². The third-order valence-corrected chi connectivity index (χ3v) is 2.28. The van der Waals surface area contributed by atoms with Crippen molar-refractivity contribution in [3.05, 3.63) is 35.9 Å². The zero-order valence-electron chi connectivity index (χ0n) is 9.19. The summed E-state index contributed by atoms with van der Waals surface area (Å²) < 4.78 is 0. The number of ketones is 2. The molecule has 0 N–H and O–H groups in total. The number of Topliss-reactive ketones (excluding diaryl/α,β-unsaturated/α-hetero) is 2. The Morgan fingerprint density at radius 2 is 1.73 bits per heavy atom. The predicted molar refractivity (Wildman–Crippen MR) is 59.6 cm³/mol. The van der Waals surface area contributed by atoms with E-state index in [1.54, 1.807) is 13.8 Å². The van der Waals surface area contributed by atoms with Gasteiger partial charge in [0.25, 0.3) is 0 Å². The van der Waals surface area contributed by atoms with Gasteiger partial charge in [-0.2, -0.15) is 0 Å². The van der Waals surface area contributed by atoms with Crippen LogP contribution >= 0.6 is 0 Å². The molecule has 0 atom stereocenters. The summed E-state index contributed by atoms with van der Waals surface area (Å²) in [4.78, 5) is 22.7. The molecule has 0 aliphatic heterocycles. The van der Waals surface area contributed by atoms with Gasteiger partial charge in [-0.1, -0.05) is 44.2 Å². The molecule has 0 unspecified atom stereocenters. The van der Waals surface area contributed by atoms with Gasteiger partial charge in [0.15, 0.2) is 5.78 Å². The maximum atomic E-state index is 11.4. The summed E-state index contributed by atoms with van der Waals surface area (Å²) >= 11 is 0. The van der Waals surface area contributed by atoms with Gasteiger partial charge in [-0.15, -0.1) is 0 Å². The van der Waals surface area contributed by atoms with E-state index in [0.717, 1.165) is 5.56 Å². The number of carbonyl (C=O) groups excluding carboxylic acids is 2. The van der Waals surface area contributed by atoms with Crippen molar-refractivity contribution >= 4 is 11.6 Å². The average Bonchev–Trinajstić information content (AvgIpc) is 2.26. The van der Waals surface area contributed by atoms with E-state index in [4.69, 9.17) is 0 Å². The third-order valence-electron chi connectivity index (χ3n) is 2.28. The number of benzene rings is 1. The summed E-state index contributed by atoms with van der Waals surface area (Å²) in [6.07, 6.45) is 0.971. The van der Waals surface area contributed by atoms with Gasteiger partial charge in [-0.25, -0.2) is 0 Å². The number of aryl methyl sites for hydroxylation is 1. The average molecular weight is 204 g/mol. The van der Waals surface area contributed by atoms with Crippen molar-refractivity contribution in [1.82, 2.24) is 0 Å². The minimum absolute atomic E-state index is 0.187. The van der Waals surface area contributed by atoms with E-state index in [9.17, 15) is 9.59 Å². The molecule has 0 radical (unpaired) electrons. The Morgan fingerprint density at radius 3 is 2.27 bits per heavy atom. The fraction of sp³-hybridized carbons (Fsp3) is 0.385. The van der Waals surface area contributed by atoms with E-state index in [0.29, 0.717) is 12.8 Å². The van der Waals surface area contributed by atoms with Crippen molar-refractivity contribution < 1.29 is 9.59 Å². The maximum absolute atomic E-state index is 11.4. The van der Waals surface area contributed by atoms with Crippen LogP contribution in [0.1, 0.15) is 25.8 Å². The largest absolute Gasteiger partial charge is 0.291 e. The zero-order valence-corrected chi connectivity index (χ0v) is 9.19. The lowest BCUT2D eigenvalue weighted by atomic mass is 10.00. The van der Waals surface area contributed by atoms with E-state index in [1.165, 1.54) is 0 Å². The number of hydrogen-bond donors (Lipinski definition) is 0. The lowest BCUT2D eigenvalue weighted by Gasteiger charge is -2.03. The van der Waals surface area contributed by atoms with E-state index < -0.39 is 0 Å². The van der Waals surface area contributed by atoms with E-state index in [2.05, 4.69) is 0 Å². The maximum Gasteiger partial charge on any atom is 0.200 e. The van der Waals surface area contributed by atoms with Crippen LogP contribution in [0.25, 0.3) is 0 Å². The molecule has 1 aromatic carbocycles. The SMILES string of the molecule is CC(C)C(=O)C(=O)CCc1ccccc1. The van der Waals surface area contributed by atoms with E-state index >= 15 is 0 Å². The molecular weight excluding hydrogens is 188 g/mol. The highest BCUT2D eigenvalue weighted by Gasteiger charge is 2.16. The van der Waals surface area contributed by atoms with Crippen molar-refractivity contribution in [3.8, 4) is 0 Å². The Labute approximate surface area is 90.3 Å². The molecule has 0 aliphatic carbocycles. The van der Waals surface area contributed by atoms with Gasteiger partial charge in [0.1, 0.15) is 0 Å². The Hall–Kier alpha value is -1.44. The molecule has 2 heteroatoms. The first-order valence-electron chi connectivity index (χ1n) is 5.22. The van der Waals surface area contributed by atoms with Crippen LogP contribution in [0, 0.1) is 5.92 Å². The first-order valence-corrected chi connectivity index (χ1v) is 5.22. The smallest absolute Gasteiger partial charge is 0.200 e. The van der Waals surface area contributed by atoms with Crippen LogP contribution in [-0.4, -0.2) is 11.6 Å². The van der Waals surface area contributed by atoms with Crippen molar-refractivity contribution in [3.63, 3.8) is 0 Å². The highest BCUT2D eigenvalue weighted by molar-refractivity contribution is 6.37. The van der Waals surface area contributed by atoms with Gasteiger partial charge in [0, 0.05) is 12.3 Å². The molecule has 0 amide bonds. The van der Waals surface area contributed by atoms with Crippen LogP contribution < -0.4 is 0 Å². The van der Waals surface area contributed by atoms with Gasteiger partial charge < -0.3 is 0 Å². The molecule has 15 heavy (non-hydrogen) atoms. The van der Waals surface area contributed by atoms with E-state index in [-0.39, 0.29) is 17.5 Å². The minimum Gasteiger partial charge on any atom is -0.291 e. The molecule has 80 valence electrons. The highest BCUT2D eigenvalue weighted by Crippen LogP contribution is 2.05. The molecule has 0 aliphatic rings. The van der Waals surface area contributed by atoms with Gasteiger partial charge >= 0.3 is 0 Å². The fourth-order valence-corrected chi connectivity index (χ4v) is 1.35. The molecule has 0 fully saturated rings. The predicted octanol–water partition coefficient (Wildman–Crippen LogP) is 2.41. The summed E-state index contributed by atoms with van der Waals surface area (Å²) in [5.74, 6) is -0.701. The second-order valence-corrected chi connectivity index (χ2v) is 3.93. The number of rotatable bonds is 5. The third kappa shape index (κ3) is 3.66. The summed E-state index contributed by atoms with van der Waals surface area (Å²) in [5, 5.41) is 0. The van der Waals surface area contributed by atoms with Gasteiger partial charge in [0.05, 0.1) is 0 Å². The Bertz CT molecular complexity index is 339. The number of hydrogen-bond acceptors (Lipinski definition) is 2. The Morgan fingerprint density at radius 1 is 1.13 bits per heavy atom. The van der Waals surface area contributed by atoms with Gasteiger partial charge in [-0.3, -0.25) is 9.59 Å². The summed E-state index contributed by atoms with van der Waals surface area (Å²) in [5.41, 5.74) is 1.10. The summed E-state index contributed by atoms with van der Waals surface area (Å²) in [7, 11) is 0. The standard InChI is InChI=1S/C13H16O2/c1-10(2)13(15)12(14)9-8-11-6-4-3-5-7-11/h3-7,10H,8-9H2,1-2H3. The molecule has 0 aromatic heterocycles. The van der Waals surface area contributed by atoms with Crippen LogP contribution in [0.15, 0.2) is 30.3 Å². The normalized spacial score (nSPS) is 10.3. The zero-order chi connectivity index (χ0) is 11.3. The molecule has 0 saturated carbocycles. The van der Waals surface area contributed by atoms with Crippen molar-refractivity contribution in [1.29, 1.82) is 0 Å². The fourth-order valence-electron chi connectivity index (χ4n) is 1.35. The van der Waals surface area contributed by atoms with E-state index in [1.807, 2.05) is 30.3 Å². The van der Waals surface area contributed by atoms with Crippen LogP contribution in [-0.2, 0) is 16.0 Å². The molecular formula is C13H16O2. The molecule has 0 heterocycles. The van der Waals surface area contributed by atoms with Crippen LogP contribution in [0.3, 0.4) is 0 Å². The number of carbonyl (C=O) groups is 2. The second kappa shape index (κ2) is 5.44. The van der Waals surface area contributed by atoms with Crippen LogP contribution in [0.4, 0.5) is 0 Å². The van der Waals surface area contributed by atoms with Gasteiger partial charge in [0.2, 0.25) is 5.78 Å². The van der Waals surface area contributed by atoms with Crippen LogP contribution in [0.2, 0.25) is 0 Å². The molecule has 0 saturated heterocycles. The highest BCUT2D eigenvalue weighted by atomic mass is 16.2. The summed E-state index contributed by atoms with van der Waals surface area (Å²) in [6.45, 7) is 3.51. The molecule has 1 aromatic rings. The summed E-state index contributed by atoms with van der Waals surface area (Å²) in [6, 6.07) is 9.74. The first kappa shape index (κ1) is 11.6. The van der Waals surface area contributed by atoms with Crippen molar-refractivity contribution in [2.75, 3.05) is 0 Å².